The smallest absolute Gasteiger partial charge is 0.0537 e. The Morgan fingerprint density at radius 1 is 0.650 bits per heavy atom. The fourth-order valence-corrected chi connectivity index (χ4v) is 2.65. The minimum absolute atomic E-state index is 0.295. The van der Waals surface area contributed by atoms with Crippen LogP contribution >= 0.6 is 0 Å². The first-order chi connectivity index (χ1) is 9.86. The molecular formula is C18H22O2. The van der Waals surface area contributed by atoms with E-state index in [1.165, 1.54) is 11.1 Å². The molecule has 0 aliphatic carbocycles. The van der Waals surface area contributed by atoms with E-state index in [9.17, 15) is 0 Å². The molecule has 0 saturated carbocycles. The van der Waals surface area contributed by atoms with E-state index in [0.29, 0.717) is 25.0 Å². The zero-order chi connectivity index (χ0) is 14.2. The molecule has 2 aromatic carbocycles. The Kier molecular flexibility index (Phi) is 5.78. The highest BCUT2D eigenvalue weighted by Crippen LogP contribution is 2.33. The summed E-state index contributed by atoms with van der Waals surface area (Å²) in [5.74, 6) is 0.590. The lowest BCUT2D eigenvalue weighted by Gasteiger charge is -2.27. The van der Waals surface area contributed by atoms with Crippen molar-refractivity contribution in [1.29, 1.82) is 0 Å². The summed E-state index contributed by atoms with van der Waals surface area (Å²) in [7, 11) is 3.51. The fourth-order valence-electron chi connectivity index (χ4n) is 2.65. The van der Waals surface area contributed by atoms with Gasteiger partial charge < -0.3 is 9.47 Å². The van der Waals surface area contributed by atoms with Gasteiger partial charge >= 0.3 is 0 Å². The SMILES string of the molecule is COCC(c1ccccc1)C(COC)c1ccccc1. The van der Waals surface area contributed by atoms with Gasteiger partial charge in [-0.3, -0.25) is 0 Å². The van der Waals surface area contributed by atoms with Crippen LogP contribution in [0.1, 0.15) is 23.0 Å². The first kappa shape index (κ1) is 14.8. The maximum atomic E-state index is 5.45. The Morgan fingerprint density at radius 3 is 1.30 bits per heavy atom. The summed E-state index contributed by atoms with van der Waals surface area (Å²) >= 11 is 0. The lowest BCUT2D eigenvalue weighted by atomic mass is 9.82. The largest absolute Gasteiger partial charge is 0.384 e. The lowest BCUT2D eigenvalue weighted by molar-refractivity contribution is 0.127. The molecule has 106 valence electrons. The Labute approximate surface area is 121 Å². The van der Waals surface area contributed by atoms with Gasteiger partial charge in [0.2, 0.25) is 0 Å². The van der Waals surface area contributed by atoms with Crippen LogP contribution < -0.4 is 0 Å². The number of methoxy groups -OCH3 is 2. The number of benzene rings is 2. The minimum Gasteiger partial charge on any atom is -0.384 e. The summed E-state index contributed by atoms with van der Waals surface area (Å²) in [6.45, 7) is 1.37. The molecule has 0 N–H and O–H groups in total. The molecule has 0 aromatic heterocycles. The second-order valence-electron chi connectivity index (χ2n) is 4.95. The van der Waals surface area contributed by atoms with E-state index in [1.54, 1.807) is 14.2 Å². The normalized spacial score (nSPS) is 13.9. The molecule has 0 aliphatic heterocycles. The van der Waals surface area contributed by atoms with Crippen molar-refractivity contribution < 1.29 is 9.47 Å². The number of hydrogen-bond acceptors (Lipinski definition) is 2. The van der Waals surface area contributed by atoms with E-state index in [2.05, 4.69) is 48.5 Å². The van der Waals surface area contributed by atoms with Crippen LogP contribution in [0.4, 0.5) is 0 Å². The van der Waals surface area contributed by atoms with Gasteiger partial charge in [-0.2, -0.15) is 0 Å². The van der Waals surface area contributed by atoms with E-state index >= 15 is 0 Å². The third kappa shape index (κ3) is 3.69. The van der Waals surface area contributed by atoms with Gasteiger partial charge in [0.15, 0.2) is 0 Å². The molecule has 0 fully saturated rings. The van der Waals surface area contributed by atoms with Crippen LogP contribution in [0.5, 0.6) is 0 Å². The van der Waals surface area contributed by atoms with Crippen molar-refractivity contribution in [3.8, 4) is 0 Å². The molecule has 2 unspecified atom stereocenters. The van der Waals surface area contributed by atoms with E-state index in [4.69, 9.17) is 9.47 Å². The van der Waals surface area contributed by atoms with Crippen molar-refractivity contribution in [2.24, 2.45) is 0 Å². The van der Waals surface area contributed by atoms with Crippen molar-refractivity contribution in [1.82, 2.24) is 0 Å². The topological polar surface area (TPSA) is 18.5 Å². The zero-order valence-corrected chi connectivity index (χ0v) is 12.2. The molecule has 0 amide bonds. The molecule has 0 saturated heterocycles. The molecule has 0 spiro atoms. The summed E-state index contributed by atoms with van der Waals surface area (Å²) < 4.78 is 10.9. The summed E-state index contributed by atoms with van der Waals surface area (Å²) in [5.41, 5.74) is 2.58. The molecule has 2 aromatic rings. The Morgan fingerprint density at radius 2 is 1.00 bits per heavy atom. The number of ether oxygens (including phenoxy) is 2. The van der Waals surface area contributed by atoms with E-state index < -0.39 is 0 Å². The summed E-state index contributed by atoms with van der Waals surface area (Å²) in [6, 6.07) is 21.0. The second-order valence-corrected chi connectivity index (χ2v) is 4.95. The fraction of sp³-hybridized carbons (Fsp3) is 0.333. The van der Waals surface area contributed by atoms with Crippen LogP contribution in [-0.2, 0) is 9.47 Å². The van der Waals surface area contributed by atoms with Gasteiger partial charge in [0.05, 0.1) is 13.2 Å². The zero-order valence-electron chi connectivity index (χ0n) is 12.2. The first-order valence-corrected chi connectivity index (χ1v) is 6.94. The van der Waals surface area contributed by atoms with Gasteiger partial charge in [0.25, 0.3) is 0 Å². The Hall–Kier alpha value is -1.64. The van der Waals surface area contributed by atoms with Crippen molar-refractivity contribution in [2.75, 3.05) is 27.4 Å². The van der Waals surface area contributed by atoms with Crippen molar-refractivity contribution in [3.63, 3.8) is 0 Å². The molecule has 2 heteroatoms. The maximum absolute atomic E-state index is 5.45. The van der Waals surface area contributed by atoms with Crippen LogP contribution in [0.2, 0.25) is 0 Å². The molecular weight excluding hydrogens is 248 g/mol. The average Bonchev–Trinajstić information content (AvgIpc) is 2.52. The molecule has 2 rings (SSSR count). The van der Waals surface area contributed by atoms with Crippen LogP contribution in [0.25, 0.3) is 0 Å². The molecule has 0 radical (unpaired) electrons. The third-order valence-corrected chi connectivity index (χ3v) is 3.63. The maximum Gasteiger partial charge on any atom is 0.0537 e. The van der Waals surface area contributed by atoms with Crippen molar-refractivity contribution in [3.05, 3.63) is 71.8 Å². The molecule has 20 heavy (non-hydrogen) atoms. The van der Waals surface area contributed by atoms with E-state index in [0.717, 1.165) is 0 Å². The van der Waals surface area contributed by atoms with Gasteiger partial charge in [0, 0.05) is 26.1 Å². The second kappa shape index (κ2) is 7.83. The van der Waals surface area contributed by atoms with Gasteiger partial charge in [-0.05, 0) is 11.1 Å². The Balaban J connectivity index is 2.33. The van der Waals surface area contributed by atoms with Crippen LogP contribution in [0.3, 0.4) is 0 Å². The predicted molar refractivity (Wildman–Crippen MR) is 82.1 cm³/mol. The summed E-state index contributed by atoms with van der Waals surface area (Å²) in [4.78, 5) is 0. The summed E-state index contributed by atoms with van der Waals surface area (Å²) in [5, 5.41) is 0. The Bertz CT molecular complexity index is 434. The highest BCUT2D eigenvalue weighted by molar-refractivity contribution is 5.29. The van der Waals surface area contributed by atoms with Crippen LogP contribution in [-0.4, -0.2) is 27.4 Å². The van der Waals surface area contributed by atoms with Gasteiger partial charge in [0.1, 0.15) is 0 Å². The molecule has 0 bridgehead atoms. The minimum atomic E-state index is 0.295. The first-order valence-electron chi connectivity index (χ1n) is 6.94. The highest BCUT2D eigenvalue weighted by Gasteiger charge is 2.24. The van der Waals surface area contributed by atoms with Crippen molar-refractivity contribution in [2.45, 2.75) is 11.8 Å². The quantitative estimate of drug-likeness (QED) is 0.761. The molecule has 2 nitrogen and oxygen atoms in total. The van der Waals surface area contributed by atoms with Gasteiger partial charge in [-0.25, -0.2) is 0 Å². The van der Waals surface area contributed by atoms with Crippen LogP contribution in [0, 0.1) is 0 Å². The highest BCUT2D eigenvalue weighted by atomic mass is 16.5. The number of rotatable bonds is 7. The predicted octanol–water partition coefficient (Wildman–Crippen LogP) is 3.85. The lowest BCUT2D eigenvalue weighted by Crippen LogP contribution is -2.20. The molecule has 0 heterocycles. The third-order valence-electron chi connectivity index (χ3n) is 3.63. The summed E-state index contributed by atoms with van der Waals surface area (Å²) in [6.07, 6.45) is 0. The molecule has 0 aliphatic rings. The monoisotopic (exact) mass is 270 g/mol. The average molecular weight is 270 g/mol. The van der Waals surface area contributed by atoms with Gasteiger partial charge in [-0.15, -0.1) is 0 Å². The van der Waals surface area contributed by atoms with E-state index in [1.807, 2.05) is 12.1 Å². The van der Waals surface area contributed by atoms with Crippen LogP contribution in [0.15, 0.2) is 60.7 Å². The standard InChI is InChI=1S/C18H22O2/c1-19-13-17(15-9-5-3-6-10-15)18(14-20-2)16-11-7-4-8-12-16/h3-12,17-18H,13-14H2,1-2H3. The molecule has 2 atom stereocenters. The van der Waals surface area contributed by atoms with Crippen molar-refractivity contribution >= 4 is 0 Å². The number of hydrogen-bond donors (Lipinski definition) is 0. The van der Waals surface area contributed by atoms with Gasteiger partial charge in [-0.1, -0.05) is 60.7 Å². The van der Waals surface area contributed by atoms with E-state index in [-0.39, 0.29) is 0 Å².